The molecular weight excluding hydrogens is 350 g/mol. The molecule has 0 fully saturated rings. The molecule has 136 valence electrons. The van der Waals surface area contributed by atoms with Crippen molar-refractivity contribution in [3.05, 3.63) is 58.8 Å². The van der Waals surface area contributed by atoms with E-state index < -0.39 is 0 Å². The van der Waals surface area contributed by atoms with Crippen LogP contribution in [0.1, 0.15) is 32.1 Å². The summed E-state index contributed by atoms with van der Waals surface area (Å²) in [6, 6.07) is 10.9. The van der Waals surface area contributed by atoms with Gasteiger partial charge < -0.3 is 9.73 Å². The predicted octanol–water partition coefficient (Wildman–Crippen LogP) is 3.37. The Bertz CT molecular complexity index is 950. The zero-order chi connectivity index (χ0) is 18.5. The summed E-state index contributed by atoms with van der Waals surface area (Å²) < 4.78 is 6.88. The van der Waals surface area contributed by atoms with Crippen LogP contribution in [0.3, 0.4) is 0 Å². The van der Waals surface area contributed by atoms with Gasteiger partial charge in [0.25, 0.3) is 5.56 Å². The number of furan rings is 1. The molecule has 7 heteroatoms. The van der Waals surface area contributed by atoms with Gasteiger partial charge in [-0.3, -0.25) is 14.2 Å². The van der Waals surface area contributed by atoms with Gasteiger partial charge in [0.15, 0.2) is 5.16 Å². The quantitative estimate of drug-likeness (QED) is 0.509. The number of thioether (sulfide) groups is 1. The first-order valence-electron chi connectivity index (χ1n) is 8.53. The van der Waals surface area contributed by atoms with Crippen LogP contribution in [0.15, 0.2) is 57.0 Å². The van der Waals surface area contributed by atoms with Crippen molar-refractivity contribution in [2.24, 2.45) is 0 Å². The number of nitrogens with one attached hydrogen (secondary N) is 1. The summed E-state index contributed by atoms with van der Waals surface area (Å²) in [6.45, 7) is 4.35. The Morgan fingerprint density at radius 3 is 2.85 bits per heavy atom. The summed E-state index contributed by atoms with van der Waals surface area (Å²) in [5.74, 6) is 0.746. The first kappa shape index (κ1) is 18.3. The van der Waals surface area contributed by atoms with Crippen molar-refractivity contribution in [3.63, 3.8) is 0 Å². The second kappa shape index (κ2) is 8.23. The van der Waals surface area contributed by atoms with Gasteiger partial charge in [0.2, 0.25) is 5.91 Å². The van der Waals surface area contributed by atoms with Crippen LogP contribution in [0, 0.1) is 0 Å². The van der Waals surface area contributed by atoms with E-state index in [0.717, 1.165) is 6.42 Å². The number of nitrogens with zero attached hydrogens (tertiary/aromatic N) is 2. The summed E-state index contributed by atoms with van der Waals surface area (Å²) in [7, 11) is 0. The van der Waals surface area contributed by atoms with E-state index in [4.69, 9.17) is 4.42 Å². The molecule has 2 heterocycles. The van der Waals surface area contributed by atoms with Gasteiger partial charge in [0, 0.05) is 6.04 Å². The molecule has 1 aromatic carbocycles. The number of hydrogen-bond donors (Lipinski definition) is 1. The summed E-state index contributed by atoms with van der Waals surface area (Å²) in [5.41, 5.74) is 0.582. The molecular formula is C19H21N3O3S. The molecule has 0 spiro atoms. The van der Waals surface area contributed by atoms with Gasteiger partial charge in [0.1, 0.15) is 5.76 Å². The summed E-state index contributed by atoms with van der Waals surface area (Å²) >= 11 is 1.27. The molecule has 0 saturated carbocycles. The number of aromatic nitrogens is 2. The van der Waals surface area contributed by atoms with Crippen LogP contribution in [-0.4, -0.2) is 21.2 Å². The molecule has 0 aliphatic carbocycles. The highest BCUT2D eigenvalue weighted by Gasteiger charge is 2.16. The van der Waals surface area contributed by atoms with Crippen molar-refractivity contribution >= 4 is 28.6 Å². The van der Waals surface area contributed by atoms with Crippen LogP contribution in [0.2, 0.25) is 0 Å². The minimum Gasteiger partial charge on any atom is -0.467 e. The Balaban J connectivity index is 1.79. The third kappa shape index (κ3) is 3.99. The third-order valence-corrected chi connectivity index (χ3v) is 5.13. The summed E-state index contributed by atoms with van der Waals surface area (Å²) in [5, 5.41) is 3.96. The smallest absolute Gasteiger partial charge is 0.262 e. The van der Waals surface area contributed by atoms with Crippen molar-refractivity contribution < 1.29 is 9.21 Å². The highest BCUT2D eigenvalue weighted by molar-refractivity contribution is 7.99. The average Bonchev–Trinajstić information content (AvgIpc) is 3.18. The Hall–Kier alpha value is -2.54. The topological polar surface area (TPSA) is 77.1 Å². The minimum absolute atomic E-state index is 0.00767. The Kier molecular flexibility index (Phi) is 5.78. The highest BCUT2D eigenvalue weighted by atomic mass is 32.2. The largest absolute Gasteiger partial charge is 0.467 e. The average molecular weight is 371 g/mol. The molecule has 26 heavy (non-hydrogen) atoms. The molecule has 2 aromatic heterocycles. The van der Waals surface area contributed by atoms with Crippen molar-refractivity contribution in [1.82, 2.24) is 14.9 Å². The van der Waals surface area contributed by atoms with Crippen LogP contribution < -0.4 is 10.9 Å². The molecule has 3 rings (SSSR count). The second-order valence-corrected chi connectivity index (χ2v) is 6.93. The van der Waals surface area contributed by atoms with Gasteiger partial charge >= 0.3 is 0 Å². The lowest BCUT2D eigenvalue weighted by atomic mass is 10.2. The first-order chi connectivity index (χ1) is 12.6. The lowest BCUT2D eigenvalue weighted by Crippen LogP contribution is -2.28. The molecule has 0 bridgehead atoms. The molecule has 1 amide bonds. The number of rotatable bonds is 7. The molecule has 1 N–H and O–H groups in total. The number of fused-ring (bicyclic) bond motifs is 1. The molecule has 0 unspecified atom stereocenters. The fourth-order valence-electron chi connectivity index (χ4n) is 2.58. The summed E-state index contributed by atoms with van der Waals surface area (Å²) in [4.78, 5) is 29.6. The maximum atomic E-state index is 12.9. The zero-order valence-corrected chi connectivity index (χ0v) is 15.6. The van der Waals surface area contributed by atoms with Gasteiger partial charge in [-0.25, -0.2) is 4.98 Å². The number of carbonyl (C=O) groups excluding carboxylic acids is 1. The van der Waals surface area contributed by atoms with Crippen LogP contribution >= 0.6 is 11.8 Å². The lowest BCUT2D eigenvalue weighted by molar-refractivity contribution is -0.118. The molecule has 6 nitrogen and oxygen atoms in total. The van der Waals surface area contributed by atoms with Crippen LogP contribution in [0.25, 0.3) is 10.9 Å². The van der Waals surface area contributed by atoms with Crippen LogP contribution in [-0.2, 0) is 11.3 Å². The third-order valence-electron chi connectivity index (χ3n) is 4.18. The Morgan fingerprint density at radius 2 is 2.12 bits per heavy atom. The van der Waals surface area contributed by atoms with E-state index in [-0.39, 0.29) is 23.3 Å². The minimum atomic E-state index is -0.135. The Labute approximate surface area is 155 Å². The predicted molar refractivity (Wildman–Crippen MR) is 102 cm³/mol. The first-order valence-corrected chi connectivity index (χ1v) is 9.52. The van der Waals surface area contributed by atoms with Gasteiger partial charge in [-0.2, -0.15) is 0 Å². The van der Waals surface area contributed by atoms with Gasteiger partial charge in [-0.05, 0) is 37.6 Å². The maximum Gasteiger partial charge on any atom is 0.262 e. The fourth-order valence-corrected chi connectivity index (χ4v) is 3.51. The van der Waals surface area contributed by atoms with Gasteiger partial charge in [0.05, 0.1) is 29.5 Å². The highest BCUT2D eigenvalue weighted by Crippen LogP contribution is 2.22. The standard InChI is InChI=1S/C19H21N3O3S/c1-3-13(2)22-18(24)15-8-4-5-9-16(15)21-19(22)26-12-17(23)20-11-14-7-6-10-25-14/h4-10,13H,3,11-12H2,1-2H3,(H,20,23)/t13-/m1/s1. The molecule has 0 aliphatic heterocycles. The molecule has 0 saturated heterocycles. The molecule has 3 aromatic rings. The number of hydrogen-bond acceptors (Lipinski definition) is 5. The van der Waals surface area contributed by atoms with Gasteiger partial charge in [-0.1, -0.05) is 30.8 Å². The number of benzene rings is 1. The second-order valence-electron chi connectivity index (χ2n) is 5.99. The Morgan fingerprint density at radius 1 is 1.31 bits per heavy atom. The number of carbonyl (C=O) groups is 1. The summed E-state index contributed by atoms with van der Waals surface area (Å²) in [6.07, 6.45) is 2.37. The van der Waals surface area contributed by atoms with E-state index in [2.05, 4.69) is 10.3 Å². The van der Waals surface area contributed by atoms with Crippen molar-refractivity contribution in [2.75, 3.05) is 5.75 Å². The number of para-hydroxylation sites is 1. The van der Waals surface area contributed by atoms with E-state index in [1.54, 1.807) is 29.0 Å². The van der Waals surface area contributed by atoms with E-state index in [1.807, 2.05) is 32.0 Å². The van der Waals surface area contributed by atoms with Crippen LogP contribution in [0.4, 0.5) is 0 Å². The molecule has 1 atom stereocenters. The number of amides is 1. The zero-order valence-electron chi connectivity index (χ0n) is 14.8. The van der Waals surface area contributed by atoms with Gasteiger partial charge in [-0.15, -0.1) is 0 Å². The fraction of sp³-hybridized carbons (Fsp3) is 0.316. The van der Waals surface area contributed by atoms with Crippen LogP contribution in [0.5, 0.6) is 0 Å². The van der Waals surface area contributed by atoms with Crippen molar-refractivity contribution in [3.8, 4) is 0 Å². The lowest BCUT2D eigenvalue weighted by Gasteiger charge is -2.18. The maximum absolute atomic E-state index is 12.9. The molecule has 0 aliphatic rings. The van der Waals surface area contributed by atoms with E-state index in [1.165, 1.54) is 11.8 Å². The van der Waals surface area contributed by atoms with Crippen molar-refractivity contribution in [2.45, 2.75) is 38.0 Å². The van der Waals surface area contributed by atoms with E-state index in [9.17, 15) is 9.59 Å². The van der Waals surface area contributed by atoms with Crippen molar-refractivity contribution in [1.29, 1.82) is 0 Å². The van der Waals surface area contributed by atoms with E-state index in [0.29, 0.717) is 28.4 Å². The van der Waals surface area contributed by atoms with E-state index >= 15 is 0 Å². The molecule has 0 radical (unpaired) electrons. The SMILES string of the molecule is CC[C@@H](C)n1c(SCC(=O)NCc2ccco2)nc2ccccc2c1=O. The normalized spacial score (nSPS) is 12.2. The monoisotopic (exact) mass is 371 g/mol.